The molecule has 134 valence electrons. The number of nitrogens with one attached hydrogen (secondary N) is 1. The van der Waals surface area contributed by atoms with E-state index in [9.17, 15) is 17.6 Å². The minimum atomic E-state index is -4.50. The molecule has 0 aliphatic carbocycles. The largest absolute Gasteiger partial charge is 0.417 e. The van der Waals surface area contributed by atoms with Crippen molar-refractivity contribution in [1.29, 1.82) is 0 Å². The van der Waals surface area contributed by atoms with E-state index in [4.69, 9.17) is 11.6 Å². The molecule has 0 bridgehead atoms. The van der Waals surface area contributed by atoms with Gasteiger partial charge in [-0.1, -0.05) is 17.7 Å². The number of aromatic nitrogens is 3. The maximum Gasteiger partial charge on any atom is 0.417 e. The van der Waals surface area contributed by atoms with Crippen LogP contribution in [0.25, 0.3) is 11.3 Å². The van der Waals surface area contributed by atoms with Crippen molar-refractivity contribution >= 4 is 17.5 Å². The van der Waals surface area contributed by atoms with Gasteiger partial charge in [0.2, 0.25) is 5.95 Å². The molecular weight excluding hydrogens is 372 g/mol. The number of nitrogens with zero attached hydrogens (tertiary/aromatic N) is 3. The third-order valence-corrected chi connectivity index (χ3v) is 3.70. The Morgan fingerprint density at radius 2 is 1.88 bits per heavy atom. The van der Waals surface area contributed by atoms with Crippen LogP contribution in [0.1, 0.15) is 11.1 Å². The zero-order valence-corrected chi connectivity index (χ0v) is 13.8. The molecule has 1 aromatic carbocycles. The van der Waals surface area contributed by atoms with Crippen LogP contribution in [0.3, 0.4) is 0 Å². The van der Waals surface area contributed by atoms with E-state index in [0.717, 1.165) is 12.3 Å². The van der Waals surface area contributed by atoms with Crippen molar-refractivity contribution in [2.24, 2.45) is 0 Å². The summed E-state index contributed by atoms with van der Waals surface area (Å²) in [5.74, 6) is -0.336. The summed E-state index contributed by atoms with van der Waals surface area (Å²) in [7, 11) is 0. The normalized spacial score (nSPS) is 11.4. The second kappa shape index (κ2) is 7.25. The van der Waals surface area contributed by atoms with E-state index < -0.39 is 17.6 Å². The molecule has 0 spiro atoms. The molecule has 9 heteroatoms. The fourth-order valence-corrected chi connectivity index (χ4v) is 2.34. The van der Waals surface area contributed by atoms with Gasteiger partial charge in [0, 0.05) is 41.3 Å². The maximum absolute atomic E-state index is 13.8. The third kappa shape index (κ3) is 4.26. The zero-order chi connectivity index (χ0) is 18.7. The standard InChI is InChI=1S/C17H11ClF4N4/c18-13-2-1-10(14(19)6-13)8-25-16-24-4-3-15(26-16)11-5-12(9-23-7-11)17(20,21)22/h1-7,9H,8H2,(H,24,25,26). The van der Waals surface area contributed by atoms with Crippen LogP contribution < -0.4 is 5.32 Å². The second-order valence-electron chi connectivity index (χ2n) is 5.31. The van der Waals surface area contributed by atoms with E-state index in [1.807, 2.05) is 0 Å². The van der Waals surface area contributed by atoms with Gasteiger partial charge in [0.05, 0.1) is 11.3 Å². The molecule has 0 fully saturated rings. The van der Waals surface area contributed by atoms with Crippen LogP contribution in [-0.2, 0) is 12.7 Å². The summed E-state index contributed by atoms with van der Waals surface area (Å²) in [5, 5.41) is 3.11. The van der Waals surface area contributed by atoms with Crippen molar-refractivity contribution in [3.05, 3.63) is 70.9 Å². The van der Waals surface area contributed by atoms with Gasteiger partial charge in [0.15, 0.2) is 0 Å². The first-order valence-corrected chi connectivity index (χ1v) is 7.74. The molecule has 0 radical (unpaired) electrons. The van der Waals surface area contributed by atoms with E-state index in [-0.39, 0.29) is 28.8 Å². The Balaban J connectivity index is 1.80. The first kappa shape index (κ1) is 18.1. The summed E-state index contributed by atoms with van der Waals surface area (Å²) in [6, 6.07) is 6.67. The molecule has 2 aromatic heterocycles. The van der Waals surface area contributed by atoms with Crippen molar-refractivity contribution in [3.63, 3.8) is 0 Å². The summed E-state index contributed by atoms with van der Waals surface area (Å²) >= 11 is 5.70. The highest BCUT2D eigenvalue weighted by Gasteiger charge is 2.31. The highest BCUT2D eigenvalue weighted by Crippen LogP contribution is 2.31. The summed E-state index contributed by atoms with van der Waals surface area (Å²) in [6.45, 7) is 0.0906. The molecule has 3 aromatic rings. The van der Waals surface area contributed by atoms with E-state index in [1.54, 1.807) is 6.07 Å². The molecule has 0 unspecified atom stereocenters. The van der Waals surface area contributed by atoms with Gasteiger partial charge < -0.3 is 5.32 Å². The first-order valence-electron chi connectivity index (χ1n) is 7.36. The maximum atomic E-state index is 13.8. The van der Waals surface area contributed by atoms with Gasteiger partial charge in [-0.05, 0) is 24.3 Å². The quantitative estimate of drug-likeness (QED) is 0.648. The fourth-order valence-electron chi connectivity index (χ4n) is 2.18. The molecule has 3 rings (SSSR count). The lowest BCUT2D eigenvalue weighted by Gasteiger charge is -2.09. The molecule has 1 N–H and O–H groups in total. The second-order valence-corrected chi connectivity index (χ2v) is 5.75. The lowest BCUT2D eigenvalue weighted by atomic mass is 10.1. The van der Waals surface area contributed by atoms with Gasteiger partial charge in [0.25, 0.3) is 0 Å². The highest BCUT2D eigenvalue weighted by molar-refractivity contribution is 6.30. The first-order chi connectivity index (χ1) is 12.3. The minimum Gasteiger partial charge on any atom is -0.350 e. The van der Waals surface area contributed by atoms with Crippen molar-refractivity contribution < 1.29 is 17.6 Å². The lowest BCUT2D eigenvalue weighted by Crippen LogP contribution is -2.07. The number of halogens is 5. The fraction of sp³-hybridized carbons (Fsp3) is 0.118. The number of alkyl halides is 3. The molecule has 0 aliphatic rings. The Morgan fingerprint density at radius 3 is 2.62 bits per heavy atom. The van der Waals surface area contributed by atoms with Crippen LogP contribution in [0.4, 0.5) is 23.5 Å². The Labute approximate surface area is 150 Å². The molecule has 4 nitrogen and oxygen atoms in total. The molecular formula is C17H11ClF4N4. The zero-order valence-electron chi connectivity index (χ0n) is 13.1. The van der Waals surface area contributed by atoms with Crippen LogP contribution in [-0.4, -0.2) is 15.0 Å². The molecule has 0 aliphatic heterocycles. The number of hydrogen-bond donors (Lipinski definition) is 1. The molecule has 26 heavy (non-hydrogen) atoms. The van der Waals surface area contributed by atoms with Crippen LogP contribution >= 0.6 is 11.6 Å². The van der Waals surface area contributed by atoms with Gasteiger partial charge in [-0.25, -0.2) is 14.4 Å². The van der Waals surface area contributed by atoms with E-state index >= 15 is 0 Å². The van der Waals surface area contributed by atoms with Crippen LogP contribution in [0.15, 0.2) is 48.9 Å². The van der Waals surface area contributed by atoms with E-state index in [1.165, 1.54) is 30.6 Å². The predicted molar refractivity (Wildman–Crippen MR) is 89.0 cm³/mol. The van der Waals surface area contributed by atoms with Crippen molar-refractivity contribution in [2.45, 2.75) is 12.7 Å². The lowest BCUT2D eigenvalue weighted by molar-refractivity contribution is -0.137. The number of hydrogen-bond acceptors (Lipinski definition) is 4. The van der Waals surface area contributed by atoms with E-state index in [0.29, 0.717) is 5.56 Å². The Hall–Kier alpha value is -2.74. The van der Waals surface area contributed by atoms with Crippen molar-refractivity contribution in [1.82, 2.24) is 15.0 Å². The molecule has 2 heterocycles. The van der Waals surface area contributed by atoms with E-state index in [2.05, 4.69) is 20.3 Å². The summed E-state index contributed by atoms with van der Waals surface area (Å²) in [4.78, 5) is 11.7. The van der Waals surface area contributed by atoms with Crippen LogP contribution in [0.5, 0.6) is 0 Å². The Morgan fingerprint density at radius 1 is 1.08 bits per heavy atom. The monoisotopic (exact) mass is 382 g/mol. The summed E-state index contributed by atoms with van der Waals surface area (Å²) in [5.41, 5.74) is -0.0591. The summed E-state index contributed by atoms with van der Waals surface area (Å²) < 4.78 is 52.2. The van der Waals surface area contributed by atoms with Gasteiger partial charge in [-0.15, -0.1) is 0 Å². The van der Waals surface area contributed by atoms with Gasteiger partial charge in [-0.2, -0.15) is 13.2 Å². The SMILES string of the molecule is Fc1cc(Cl)ccc1CNc1nccc(-c2cncc(C(F)(F)F)c2)n1. The van der Waals surface area contributed by atoms with Crippen molar-refractivity contribution in [2.75, 3.05) is 5.32 Å². The highest BCUT2D eigenvalue weighted by atomic mass is 35.5. The molecule has 0 saturated carbocycles. The van der Waals surface area contributed by atoms with Gasteiger partial charge in [0.1, 0.15) is 5.82 Å². The summed E-state index contributed by atoms with van der Waals surface area (Å²) in [6.07, 6.45) is -1.08. The number of pyridine rings is 1. The topological polar surface area (TPSA) is 50.7 Å². The van der Waals surface area contributed by atoms with Crippen molar-refractivity contribution in [3.8, 4) is 11.3 Å². The average Bonchev–Trinajstić information content (AvgIpc) is 2.61. The minimum absolute atomic E-state index is 0.0906. The number of benzene rings is 1. The average molecular weight is 383 g/mol. The molecule has 0 saturated heterocycles. The van der Waals surface area contributed by atoms with Gasteiger partial charge >= 0.3 is 6.18 Å². The molecule has 0 amide bonds. The van der Waals surface area contributed by atoms with Crippen LogP contribution in [0.2, 0.25) is 5.02 Å². The molecule has 0 atom stereocenters. The van der Waals surface area contributed by atoms with Gasteiger partial charge in [-0.3, -0.25) is 4.98 Å². The Bertz CT molecular complexity index is 931. The van der Waals surface area contributed by atoms with Crippen LogP contribution in [0, 0.1) is 5.82 Å². The third-order valence-electron chi connectivity index (χ3n) is 3.47. The Kier molecular flexibility index (Phi) is 5.03. The number of anilines is 1. The number of rotatable bonds is 4. The predicted octanol–water partition coefficient (Wildman–Crippen LogP) is 4.96. The smallest absolute Gasteiger partial charge is 0.350 e.